The molecule has 0 spiro atoms. The summed E-state index contributed by atoms with van der Waals surface area (Å²) in [6.45, 7) is 2.12. The predicted octanol–water partition coefficient (Wildman–Crippen LogP) is 2.83. The number of H-pyrrole nitrogens is 1. The highest BCUT2D eigenvalue weighted by atomic mass is 16.1. The maximum absolute atomic E-state index is 12.0. The van der Waals surface area contributed by atoms with E-state index in [4.69, 9.17) is 0 Å². The van der Waals surface area contributed by atoms with Gasteiger partial charge in [0.15, 0.2) is 0 Å². The van der Waals surface area contributed by atoms with Gasteiger partial charge in [-0.3, -0.25) is 9.78 Å². The lowest BCUT2D eigenvalue weighted by atomic mass is 10.2. The van der Waals surface area contributed by atoms with Crippen LogP contribution in [0.15, 0.2) is 55.0 Å². The summed E-state index contributed by atoms with van der Waals surface area (Å²) in [4.78, 5) is 23.3. The maximum Gasteiger partial charge on any atom is 0.243 e. The molecule has 1 aromatic carbocycles. The van der Waals surface area contributed by atoms with Crippen LogP contribution in [0.1, 0.15) is 5.56 Å². The van der Waals surface area contributed by atoms with Crippen molar-refractivity contribution in [2.75, 3.05) is 17.2 Å². The SMILES string of the molecule is Cc1cccc(NC(=O)CNc2ncc(-c3ccncc3)[nH]2)c1. The van der Waals surface area contributed by atoms with Gasteiger partial charge in [0, 0.05) is 23.6 Å². The lowest BCUT2D eigenvalue weighted by molar-refractivity contribution is -0.114. The number of anilines is 2. The van der Waals surface area contributed by atoms with E-state index in [2.05, 4.69) is 25.6 Å². The first kappa shape index (κ1) is 14.8. The standard InChI is InChI=1S/C17H17N5O/c1-12-3-2-4-14(9-12)21-16(23)11-20-17-19-10-15(22-17)13-5-7-18-8-6-13/h2-10H,11H2,1H3,(H,21,23)(H2,19,20,22). The number of hydrogen-bond acceptors (Lipinski definition) is 4. The third-order valence-electron chi connectivity index (χ3n) is 3.29. The lowest BCUT2D eigenvalue weighted by Gasteiger charge is -2.06. The van der Waals surface area contributed by atoms with Gasteiger partial charge in [-0.1, -0.05) is 12.1 Å². The van der Waals surface area contributed by atoms with Gasteiger partial charge in [0.2, 0.25) is 11.9 Å². The first-order valence-electron chi connectivity index (χ1n) is 7.26. The van der Waals surface area contributed by atoms with Crippen LogP contribution in [0.5, 0.6) is 0 Å². The summed E-state index contributed by atoms with van der Waals surface area (Å²) in [5.74, 6) is 0.425. The second-order valence-electron chi connectivity index (χ2n) is 5.15. The average molecular weight is 307 g/mol. The zero-order valence-corrected chi connectivity index (χ0v) is 12.7. The van der Waals surface area contributed by atoms with Crippen LogP contribution in [0.4, 0.5) is 11.6 Å². The Morgan fingerprint density at radius 2 is 2.04 bits per heavy atom. The number of aromatic amines is 1. The molecule has 0 fully saturated rings. The highest BCUT2D eigenvalue weighted by Gasteiger charge is 2.06. The molecule has 6 heteroatoms. The molecule has 116 valence electrons. The Kier molecular flexibility index (Phi) is 4.33. The minimum Gasteiger partial charge on any atom is -0.347 e. The molecule has 0 radical (unpaired) electrons. The molecule has 1 amide bonds. The first-order chi connectivity index (χ1) is 11.2. The Labute approximate surface area is 134 Å². The molecular weight excluding hydrogens is 290 g/mol. The van der Waals surface area contributed by atoms with Crippen LogP contribution in [0.25, 0.3) is 11.3 Å². The molecule has 2 aromatic heterocycles. The van der Waals surface area contributed by atoms with E-state index in [0.29, 0.717) is 5.95 Å². The van der Waals surface area contributed by atoms with Crippen molar-refractivity contribution in [1.82, 2.24) is 15.0 Å². The number of nitrogens with zero attached hydrogens (tertiary/aromatic N) is 2. The molecule has 0 saturated carbocycles. The monoisotopic (exact) mass is 307 g/mol. The zero-order valence-electron chi connectivity index (χ0n) is 12.7. The summed E-state index contributed by atoms with van der Waals surface area (Å²) < 4.78 is 0. The Balaban J connectivity index is 1.56. The fraction of sp³-hybridized carbons (Fsp3) is 0.118. The van der Waals surface area contributed by atoms with Crippen molar-refractivity contribution >= 4 is 17.5 Å². The Bertz CT molecular complexity index is 798. The van der Waals surface area contributed by atoms with Crippen molar-refractivity contribution < 1.29 is 4.79 Å². The normalized spacial score (nSPS) is 10.3. The first-order valence-corrected chi connectivity index (χ1v) is 7.26. The van der Waals surface area contributed by atoms with Gasteiger partial charge in [0.25, 0.3) is 0 Å². The molecule has 0 aliphatic rings. The summed E-state index contributed by atoms with van der Waals surface area (Å²) >= 11 is 0. The predicted molar refractivity (Wildman–Crippen MR) is 90.1 cm³/mol. The molecule has 23 heavy (non-hydrogen) atoms. The van der Waals surface area contributed by atoms with Crippen LogP contribution in [0.2, 0.25) is 0 Å². The number of aromatic nitrogens is 3. The smallest absolute Gasteiger partial charge is 0.243 e. The number of nitrogens with one attached hydrogen (secondary N) is 3. The Morgan fingerprint density at radius 3 is 2.83 bits per heavy atom. The van der Waals surface area contributed by atoms with Crippen molar-refractivity contribution in [3.05, 3.63) is 60.6 Å². The van der Waals surface area contributed by atoms with Crippen LogP contribution in [0, 0.1) is 6.92 Å². The van der Waals surface area contributed by atoms with Crippen molar-refractivity contribution in [1.29, 1.82) is 0 Å². The van der Waals surface area contributed by atoms with Crippen molar-refractivity contribution in [2.24, 2.45) is 0 Å². The number of benzene rings is 1. The van der Waals surface area contributed by atoms with Gasteiger partial charge in [-0.15, -0.1) is 0 Å². The number of pyridine rings is 1. The number of imidazole rings is 1. The van der Waals surface area contributed by atoms with E-state index >= 15 is 0 Å². The number of hydrogen-bond donors (Lipinski definition) is 3. The quantitative estimate of drug-likeness (QED) is 0.677. The van der Waals surface area contributed by atoms with E-state index in [0.717, 1.165) is 22.5 Å². The van der Waals surface area contributed by atoms with E-state index in [-0.39, 0.29) is 12.5 Å². The van der Waals surface area contributed by atoms with Gasteiger partial charge >= 0.3 is 0 Å². The number of aryl methyl sites for hydroxylation is 1. The van der Waals surface area contributed by atoms with Gasteiger partial charge < -0.3 is 15.6 Å². The molecule has 3 N–H and O–H groups in total. The van der Waals surface area contributed by atoms with Gasteiger partial charge in [-0.25, -0.2) is 4.98 Å². The van der Waals surface area contributed by atoms with Crippen LogP contribution >= 0.6 is 0 Å². The zero-order chi connectivity index (χ0) is 16.1. The van der Waals surface area contributed by atoms with Crippen molar-refractivity contribution in [3.8, 4) is 11.3 Å². The van der Waals surface area contributed by atoms with Gasteiger partial charge in [0.1, 0.15) is 0 Å². The molecule has 0 bridgehead atoms. The van der Waals surface area contributed by atoms with E-state index < -0.39 is 0 Å². The molecule has 3 aromatic rings. The van der Waals surface area contributed by atoms with Crippen LogP contribution in [-0.4, -0.2) is 27.4 Å². The molecule has 0 aliphatic carbocycles. The molecule has 2 heterocycles. The number of amides is 1. The summed E-state index contributed by atoms with van der Waals surface area (Å²) in [7, 11) is 0. The molecule has 0 unspecified atom stereocenters. The topological polar surface area (TPSA) is 82.7 Å². The molecule has 3 rings (SSSR count). The molecular formula is C17H17N5O. The van der Waals surface area contributed by atoms with E-state index in [1.54, 1.807) is 18.6 Å². The largest absolute Gasteiger partial charge is 0.347 e. The summed E-state index contributed by atoms with van der Waals surface area (Å²) in [6, 6.07) is 11.5. The highest BCUT2D eigenvalue weighted by molar-refractivity contribution is 5.93. The molecule has 6 nitrogen and oxygen atoms in total. The number of carbonyl (C=O) groups is 1. The number of carbonyl (C=O) groups excluding carboxylic acids is 1. The molecule has 0 aliphatic heterocycles. The highest BCUT2D eigenvalue weighted by Crippen LogP contribution is 2.17. The summed E-state index contributed by atoms with van der Waals surface area (Å²) in [5, 5.41) is 5.82. The molecule has 0 atom stereocenters. The third-order valence-corrected chi connectivity index (χ3v) is 3.29. The van der Waals surface area contributed by atoms with Gasteiger partial charge in [0.05, 0.1) is 18.4 Å². The van der Waals surface area contributed by atoms with Crippen LogP contribution in [0.3, 0.4) is 0 Å². The van der Waals surface area contributed by atoms with E-state index in [9.17, 15) is 4.79 Å². The Morgan fingerprint density at radius 1 is 1.22 bits per heavy atom. The molecule has 0 saturated heterocycles. The lowest BCUT2D eigenvalue weighted by Crippen LogP contribution is -2.22. The minimum atomic E-state index is -0.127. The third kappa shape index (κ3) is 3.94. The minimum absolute atomic E-state index is 0.127. The van der Waals surface area contributed by atoms with Crippen molar-refractivity contribution in [3.63, 3.8) is 0 Å². The summed E-state index contributed by atoms with van der Waals surface area (Å²) in [6.07, 6.45) is 5.16. The second-order valence-corrected chi connectivity index (χ2v) is 5.15. The van der Waals surface area contributed by atoms with Gasteiger partial charge in [-0.05, 0) is 36.8 Å². The Hall–Kier alpha value is -3.15. The maximum atomic E-state index is 12.0. The van der Waals surface area contributed by atoms with Crippen LogP contribution < -0.4 is 10.6 Å². The average Bonchev–Trinajstić information content (AvgIpc) is 3.03. The van der Waals surface area contributed by atoms with Gasteiger partial charge in [-0.2, -0.15) is 0 Å². The summed E-state index contributed by atoms with van der Waals surface area (Å²) in [5.41, 5.74) is 3.75. The van der Waals surface area contributed by atoms with E-state index in [1.807, 2.05) is 43.3 Å². The number of rotatable bonds is 5. The van der Waals surface area contributed by atoms with Crippen molar-refractivity contribution in [2.45, 2.75) is 6.92 Å². The fourth-order valence-corrected chi connectivity index (χ4v) is 2.18. The van der Waals surface area contributed by atoms with Crippen LogP contribution in [-0.2, 0) is 4.79 Å². The second kappa shape index (κ2) is 6.74. The fourth-order valence-electron chi connectivity index (χ4n) is 2.18. The van der Waals surface area contributed by atoms with E-state index in [1.165, 1.54) is 0 Å².